The van der Waals surface area contributed by atoms with Gasteiger partial charge in [0, 0.05) is 17.6 Å². The van der Waals surface area contributed by atoms with Gasteiger partial charge in [0.1, 0.15) is 5.82 Å². The fourth-order valence-corrected chi connectivity index (χ4v) is 5.31. The van der Waals surface area contributed by atoms with E-state index in [1.807, 2.05) is 6.07 Å². The third kappa shape index (κ3) is 3.25. The lowest BCUT2D eigenvalue weighted by atomic mass is 9.91. The summed E-state index contributed by atoms with van der Waals surface area (Å²) in [5.74, 6) is -1.58. The number of halogens is 2. The molecule has 0 radical (unpaired) electrons. The third-order valence-electron chi connectivity index (χ3n) is 5.26. The standard InChI is InChI=1S/C19H19FN2O4S.ClH/c1-10-13(20)8-11(19(23)26-2)9-17(10)27(24,25)22-16-5-3-4-12-14-6-7-15(21-14)18(12)16;/h3-5,8-9,14-15,21-22H,6-7H2,1-2H3;1H. The van der Waals surface area contributed by atoms with E-state index in [0.717, 1.165) is 43.2 Å². The van der Waals surface area contributed by atoms with Crippen molar-refractivity contribution in [2.75, 3.05) is 11.8 Å². The molecule has 1 saturated heterocycles. The number of nitrogens with one attached hydrogen (secondary N) is 2. The molecule has 0 aliphatic carbocycles. The van der Waals surface area contributed by atoms with Gasteiger partial charge in [-0.3, -0.25) is 4.72 Å². The van der Waals surface area contributed by atoms with Crippen LogP contribution in [0, 0.1) is 12.7 Å². The summed E-state index contributed by atoms with van der Waals surface area (Å²) in [5, 5.41) is 3.46. The fraction of sp³-hybridized carbons (Fsp3) is 0.316. The molecule has 2 unspecified atom stereocenters. The second-order valence-electron chi connectivity index (χ2n) is 6.84. The Balaban J connectivity index is 0.00000225. The quantitative estimate of drug-likeness (QED) is 0.729. The maximum atomic E-state index is 14.2. The van der Waals surface area contributed by atoms with E-state index in [1.54, 1.807) is 12.1 Å². The van der Waals surface area contributed by atoms with Crippen LogP contribution in [0.1, 0.15) is 52.0 Å². The Morgan fingerprint density at radius 3 is 2.68 bits per heavy atom. The van der Waals surface area contributed by atoms with Crippen LogP contribution < -0.4 is 10.0 Å². The van der Waals surface area contributed by atoms with Crippen LogP contribution >= 0.6 is 12.4 Å². The van der Waals surface area contributed by atoms with E-state index in [4.69, 9.17) is 0 Å². The van der Waals surface area contributed by atoms with E-state index >= 15 is 0 Å². The van der Waals surface area contributed by atoms with Crippen molar-refractivity contribution in [2.24, 2.45) is 0 Å². The Hall–Kier alpha value is -2.16. The second kappa shape index (κ2) is 7.35. The van der Waals surface area contributed by atoms with E-state index in [0.29, 0.717) is 5.69 Å². The first-order valence-electron chi connectivity index (χ1n) is 8.62. The normalized spacial score (nSPS) is 19.7. The molecule has 2 aliphatic rings. The zero-order valence-electron chi connectivity index (χ0n) is 15.3. The SMILES string of the molecule is COC(=O)c1cc(F)c(C)c(S(=O)(=O)Nc2cccc3c2C2CCC3N2)c1.Cl. The average molecular weight is 427 g/mol. The summed E-state index contributed by atoms with van der Waals surface area (Å²) in [4.78, 5) is 11.5. The summed E-state index contributed by atoms with van der Waals surface area (Å²) in [7, 11) is -2.94. The minimum absolute atomic E-state index is 0. The van der Waals surface area contributed by atoms with Crippen LogP contribution in [0.4, 0.5) is 10.1 Å². The fourth-order valence-electron chi connectivity index (χ4n) is 3.95. The Morgan fingerprint density at radius 2 is 1.96 bits per heavy atom. The molecule has 28 heavy (non-hydrogen) atoms. The van der Waals surface area contributed by atoms with Gasteiger partial charge in [0.25, 0.3) is 10.0 Å². The Labute approximate surface area is 168 Å². The number of benzene rings is 2. The summed E-state index contributed by atoms with van der Waals surface area (Å²) >= 11 is 0. The maximum Gasteiger partial charge on any atom is 0.337 e. The van der Waals surface area contributed by atoms with E-state index in [9.17, 15) is 17.6 Å². The molecule has 2 atom stereocenters. The van der Waals surface area contributed by atoms with Crippen LogP contribution in [-0.2, 0) is 14.8 Å². The first kappa shape index (κ1) is 20.6. The molecule has 2 bridgehead atoms. The van der Waals surface area contributed by atoms with Gasteiger partial charge < -0.3 is 10.1 Å². The van der Waals surface area contributed by atoms with Crippen molar-refractivity contribution in [3.05, 3.63) is 58.4 Å². The van der Waals surface area contributed by atoms with Gasteiger partial charge in [0.05, 0.1) is 23.3 Å². The van der Waals surface area contributed by atoms with Gasteiger partial charge in [0.15, 0.2) is 0 Å². The number of esters is 1. The molecule has 2 heterocycles. The van der Waals surface area contributed by atoms with E-state index in [1.165, 1.54) is 6.92 Å². The average Bonchev–Trinajstić information content (AvgIpc) is 3.25. The van der Waals surface area contributed by atoms with Gasteiger partial charge in [-0.25, -0.2) is 17.6 Å². The molecule has 1 fully saturated rings. The molecular weight excluding hydrogens is 407 g/mol. The molecule has 2 aliphatic heterocycles. The van der Waals surface area contributed by atoms with Crippen LogP contribution in [0.2, 0.25) is 0 Å². The zero-order chi connectivity index (χ0) is 19.3. The molecule has 4 rings (SSSR count). The zero-order valence-corrected chi connectivity index (χ0v) is 16.9. The lowest BCUT2D eigenvalue weighted by molar-refractivity contribution is 0.0600. The first-order valence-corrected chi connectivity index (χ1v) is 10.1. The van der Waals surface area contributed by atoms with Crippen LogP contribution in [0.5, 0.6) is 0 Å². The topological polar surface area (TPSA) is 84.5 Å². The monoisotopic (exact) mass is 426 g/mol. The number of hydrogen-bond donors (Lipinski definition) is 2. The number of fused-ring (bicyclic) bond motifs is 5. The predicted molar refractivity (Wildman–Crippen MR) is 105 cm³/mol. The second-order valence-corrected chi connectivity index (χ2v) is 8.49. The highest BCUT2D eigenvalue weighted by molar-refractivity contribution is 7.92. The highest BCUT2D eigenvalue weighted by Crippen LogP contribution is 2.48. The lowest BCUT2D eigenvalue weighted by Gasteiger charge is -2.19. The van der Waals surface area contributed by atoms with Crippen molar-refractivity contribution in [1.29, 1.82) is 0 Å². The molecule has 2 aromatic rings. The predicted octanol–water partition coefficient (Wildman–Crippen LogP) is 3.62. The van der Waals surface area contributed by atoms with E-state index < -0.39 is 21.8 Å². The number of ether oxygens (including phenoxy) is 1. The summed E-state index contributed by atoms with van der Waals surface area (Å²) in [6, 6.07) is 7.97. The molecule has 0 saturated carbocycles. The molecule has 2 N–H and O–H groups in total. The molecule has 6 nitrogen and oxygen atoms in total. The van der Waals surface area contributed by atoms with Crippen molar-refractivity contribution in [1.82, 2.24) is 5.32 Å². The minimum atomic E-state index is -4.09. The smallest absolute Gasteiger partial charge is 0.337 e. The summed E-state index contributed by atoms with van der Waals surface area (Å²) in [6.45, 7) is 1.36. The van der Waals surface area contributed by atoms with Crippen molar-refractivity contribution in [3.63, 3.8) is 0 Å². The number of methoxy groups -OCH3 is 1. The Morgan fingerprint density at radius 1 is 1.25 bits per heavy atom. The van der Waals surface area contributed by atoms with Crippen molar-refractivity contribution in [3.8, 4) is 0 Å². The highest BCUT2D eigenvalue weighted by Gasteiger charge is 2.38. The van der Waals surface area contributed by atoms with Crippen LogP contribution in [0.25, 0.3) is 0 Å². The van der Waals surface area contributed by atoms with Gasteiger partial charge in [-0.2, -0.15) is 0 Å². The van der Waals surface area contributed by atoms with Gasteiger partial charge in [-0.1, -0.05) is 12.1 Å². The molecule has 150 valence electrons. The number of hydrogen-bond acceptors (Lipinski definition) is 5. The minimum Gasteiger partial charge on any atom is -0.465 e. The molecule has 0 spiro atoms. The molecular formula is C19H20ClFN2O4S. The van der Waals surface area contributed by atoms with Crippen molar-refractivity contribution in [2.45, 2.75) is 36.7 Å². The maximum absolute atomic E-state index is 14.2. The Kier molecular flexibility index (Phi) is 5.40. The number of rotatable bonds is 4. The van der Waals surface area contributed by atoms with Crippen LogP contribution in [-0.4, -0.2) is 21.5 Å². The largest absolute Gasteiger partial charge is 0.465 e. The summed E-state index contributed by atoms with van der Waals surface area (Å²) < 4.78 is 47.4. The highest BCUT2D eigenvalue weighted by atomic mass is 35.5. The molecule has 9 heteroatoms. The van der Waals surface area contributed by atoms with Crippen LogP contribution in [0.15, 0.2) is 35.2 Å². The van der Waals surface area contributed by atoms with E-state index in [2.05, 4.69) is 14.8 Å². The van der Waals surface area contributed by atoms with Gasteiger partial charge in [-0.15, -0.1) is 12.4 Å². The lowest BCUT2D eigenvalue weighted by Crippen LogP contribution is -2.18. The number of carbonyl (C=O) groups is 1. The van der Waals surface area contributed by atoms with Gasteiger partial charge in [-0.05, 0) is 49.1 Å². The van der Waals surface area contributed by atoms with E-state index in [-0.39, 0.29) is 40.5 Å². The number of anilines is 1. The third-order valence-corrected chi connectivity index (χ3v) is 6.75. The van der Waals surface area contributed by atoms with Crippen molar-refractivity contribution < 1.29 is 22.3 Å². The van der Waals surface area contributed by atoms with Crippen molar-refractivity contribution >= 4 is 34.1 Å². The van der Waals surface area contributed by atoms with Gasteiger partial charge >= 0.3 is 5.97 Å². The summed E-state index contributed by atoms with van der Waals surface area (Å²) in [6.07, 6.45) is 1.97. The number of sulfonamides is 1. The van der Waals surface area contributed by atoms with Crippen LogP contribution in [0.3, 0.4) is 0 Å². The summed E-state index contributed by atoms with van der Waals surface area (Å²) in [5.41, 5.74) is 2.31. The number of carbonyl (C=O) groups excluding carboxylic acids is 1. The molecule has 0 amide bonds. The Bertz CT molecular complexity index is 1060. The van der Waals surface area contributed by atoms with Gasteiger partial charge in [0.2, 0.25) is 0 Å². The molecule has 2 aromatic carbocycles. The molecule has 0 aromatic heterocycles. The first-order chi connectivity index (χ1) is 12.8.